The zero-order valence-corrected chi connectivity index (χ0v) is 17.9. The molecule has 32 heavy (non-hydrogen) atoms. The summed E-state index contributed by atoms with van der Waals surface area (Å²) in [4.78, 5) is 53.9. The molecular formula is C18H33N7O7. The number of nitrogens with two attached hydrogens (primary N) is 3. The molecule has 1 heterocycles. The molecule has 0 saturated carbocycles. The quantitative estimate of drug-likeness (QED) is 0.0793. The molecule has 0 aromatic rings. The molecule has 1 aliphatic rings. The van der Waals surface area contributed by atoms with Crippen LogP contribution in [0.5, 0.6) is 0 Å². The van der Waals surface area contributed by atoms with Crippen LogP contribution in [0, 0.1) is 0 Å². The number of nitrogens with one attached hydrogen (secondary N) is 2. The van der Waals surface area contributed by atoms with Crippen molar-refractivity contribution in [3.63, 3.8) is 0 Å². The Bertz CT molecular complexity index is 712. The number of guanidine groups is 1. The van der Waals surface area contributed by atoms with E-state index in [-0.39, 0.29) is 31.9 Å². The van der Waals surface area contributed by atoms with Crippen molar-refractivity contribution in [3.05, 3.63) is 0 Å². The van der Waals surface area contributed by atoms with Gasteiger partial charge in [-0.2, -0.15) is 0 Å². The average molecular weight is 460 g/mol. The fourth-order valence-corrected chi connectivity index (χ4v) is 3.20. The number of aliphatic imine (C=N–C) groups is 1. The first-order chi connectivity index (χ1) is 15.0. The summed E-state index contributed by atoms with van der Waals surface area (Å²) < 4.78 is 0. The lowest BCUT2D eigenvalue weighted by Gasteiger charge is -2.29. The maximum atomic E-state index is 12.7. The van der Waals surface area contributed by atoms with Gasteiger partial charge in [-0.05, 0) is 32.6 Å². The summed E-state index contributed by atoms with van der Waals surface area (Å²) in [5.41, 5.74) is 16.1. The summed E-state index contributed by atoms with van der Waals surface area (Å²) in [5, 5.41) is 33.0. The van der Waals surface area contributed by atoms with E-state index in [1.54, 1.807) is 0 Å². The second-order valence-corrected chi connectivity index (χ2v) is 7.55. The minimum Gasteiger partial charge on any atom is -0.480 e. The topological polar surface area (TPSA) is 247 Å². The van der Waals surface area contributed by atoms with Crippen LogP contribution in [0.2, 0.25) is 0 Å². The Morgan fingerprint density at radius 2 is 1.84 bits per heavy atom. The number of likely N-dealkylation sites (tertiary alicyclic amines) is 1. The monoisotopic (exact) mass is 459 g/mol. The third-order valence-electron chi connectivity index (χ3n) is 5.02. The molecular weight excluding hydrogens is 426 g/mol. The van der Waals surface area contributed by atoms with Gasteiger partial charge in [-0.15, -0.1) is 0 Å². The predicted octanol–water partition coefficient (Wildman–Crippen LogP) is -4.21. The van der Waals surface area contributed by atoms with E-state index in [9.17, 15) is 34.5 Å². The van der Waals surface area contributed by atoms with Gasteiger partial charge in [0.2, 0.25) is 17.7 Å². The number of carboxylic acids is 1. The van der Waals surface area contributed by atoms with Crippen LogP contribution in [0.1, 0.15) is 32.6 Å². The maximum absolute atomic E-state index is 12.7. The van der Waals surface area contributed by atoms with E-state index in [1.807, 2.05) is 0 Å². The zero-order chi connectivity index (χ0) is 24.4. The highest BCUT2D eigenvalue weighted by atomic mass is 16.4. The third-order valence-corrected chi connectivity index (χ3v) is 5.02. The van der Waals surface area contributed by atoms with Crippen molar-refractivity contribution in [1.29, 1.82) is 0 Å². The number of carboxylic acid groups (broad SMARTS) is 1. The lowest BCUT2D eigenvalue weighted by Crippen LogP contribution is -2.58. The number of nitrogens with zero attached hydrogens (tertiary/aromatic N) is 2. The van der Waals surface area contributed by atoms with Crippen LogP contribution in [0.3, 0.4) is 0 Å². The first-order valence-corrected chi connectivity index (χ1v) is 10.2. The van der Waals surface area contributed by atoms with Crippen molar-refractivity contribution in [2.24, 2.45) is 22.2 Å². The van der Waals surface area contributed by atoms with E-state index in [0.29, 0.717) is 12.8 Å². The fourth-order valence-electron chi connectivity index (χ4n) is 3.20. The van der Waals surface area contributed by atoms with Crippen LogP contribution in [0.4, 0.5) is 0 Å². The second-order valence-electron chi connectivity index (χ2n) is 7.55. The maximum Gasteiger partial charge on any atom is 0.326 e. The van der Waals surface area contributed by atoms with Crippen molar-refractivity contribution in [2.45, 2.75) is 62.9 Å². The summed E-state index contributed by atoms with van der Waals surface area (Å²) in [5.74, 6) is -3.63. The van der Waals surface area contributed by atoms with Gasteiger partial charge in [0.05, 0.1) is 12.7 Å². The van der Waals surface area contributed by atoms with E-state index in [1.165, 1.54) is 11.8 Å². The fraction of sp³-hybridized carbons (Fsp3) is 0.722. The highest BCUT2D eigenvalue weighted by molar-refractivity contribution is 5.94. The standard InChI is InChI=1S/C18H33N7O7/c1-9(27)13(19)16(30)25-7-3-5-12(25)15(29)24-11(8-26)14(28)23-10(17(31)32)4-2-6-22-18(20)21/h9-13,26-27H,2-8,19H2,1H3,(H,23,28)(H,24,29)(H,31,32)(H4,20,21,22). The van der Waals surface area contributed by atoms with E-state index < -0.39 is 60.6 Å². The number of rotatable bonds is 12. The van der Waals surface area contributed by atoms with Crippen LogP contribution in [-0.2, 0) is 19.2 Å². The SMILES string of the molecule is CC(O)C(N)C(=O)N1CCCC1C(=O)NC(CO)C(=O)NC(CCCN=C(N)N)C(=O)O. The van der Waals surface area contributed by atoms with Gasteiger partial charge >= 0.3 is 5.97 Å². The molecule has 182 valence electrons. The molecule has 1 aliphatic heterocycles. The molecule has 5 unspecified atom stereocenters. The molecule has 1 fully saturated rings. The van der Waals surface area contributed by atoms with Gasteiger partial charge in [-0.25, -0.2) is 4.79 Å². The first-order valence-electron chi connectivity index (χ1n) is 10.2. The molecule has 0 bridgehead atoms. The van der Waals surface area contributed by atoms with Crippen molar-refractivity contribution in [2.75, 3.05) is 19.7 Å². The molecule has 5 atom stereocenters. The summed E-state index contributed by atoms with van der Waals surface area (Å²) in [6.07, 6.45) is 0.0121. The molecule has 0 radical (unpaired) electrons. The third kappa shape index (κ3) is 7.94. The van der Waals surface area contributed by atoms with Crippen LogP contribution in [0.15, 0.2) is 4.99 Å². The van der Waals surface area contributed by atoms with Gasteiger partial charge in [-0.1, -0.05) is 0 Å². The Hall–Kier alpha value is -2.97. The molecule has 14 nitrogen and oxygen atoms in total. The minimum atomic E-state index is -1.43. The Morgan fingerprint density at radius 3 is 2.38 bits per heavy atom. The van der Waals surface area contributed by atoms with Gasteiger partial charge in [0.15, 0.2) is 5.96 Å². The second kappa shape index (κ2) is 12.8. The van der Waals surface area contributed by atoms with Gasteiger partial charge in [0.1, 0.15) is 24.2 Å². The lowest BCUT2D eigenvalue weighted by molar-refractivity contribution is -0.144. The molecule has 1 saturated heterocycles. The van der Waals surface area contributed by atoms with Crippen LogP contribution < -0.4 is 27.8 Å². The Balaban J connectivity index is 2.74. The van der Waals surface area contributed by atoms with E-state index in [0.717, 1.165) is 0 Å². The predicted molar refractivity (Wildman–Crippen MR) is 113 cm³/mol. The van der Waals surface area contributed by atoms with Crippen molar-refractivity contribution < 1.29 is 34.5 Å². The largest absolute Gasteiger partial charge is 0.480 e. The van der Waals surface area contributed by atoms with Crippen molar-refractivity contribution >= 4 is 29.7 Å². The van der Waals surface area contributed by atoms with Gasteiger partial charge in [0.25, 0.3) is 0 Å². The summed E-state index contributed by atoms with van der Waals surface area (Å²) in [6.45, 7) is 0.994. The van der Waals surface area contributed by atoms with Gasteiger partial charge < -0.3 is 48.1 Å². The Morgan fingerprint density at radius 1 is 1.19 bits per heavy atom. The first kappa shape index (κ1) is 27.1. The van der Waals surface area contributed by atoms with E-state index in [4.69, 9.17) is 17.2 Å². The lowest BCUT2D eigenvalue weighted by atomic mass is 10.1. The number of aliphatic hydroxyl groups is 2. The number of hydrogen-bond acceptors (Lipinski definition) is 8. The molecule has 0 aromatic heterocycles. The number of hydrogen-bond donors (Lipinski definition) is 8. The van der Waals surface area contributed by atoms with Crippen molar-refractivity contribution in [3.8, 4) is 0 Å². The summed E-state index contributed by atoms with van der Waals surface area (Å²) in [7, 11) is 0. The number of aliphatic hydroxyl groups excluding tert-OH is 2. The number of carbonyl (C=O) groups excluding carboxylic acids is 3. The molecule has 3 amide bonds. The van der Waals surface area contributed by atoms with Crippen LogP contribution in [-0.4, -0.2) is 99.8 Å². The molecule has 0 spiro atoms. The van der Waals surface area contributed by atoms with E-state index >= 15 is 0 Å². The summed E-state index contributed by atoms with van der Waals surface area (Å²) in [6, 6.07) is -4.83. The zero-order valence-electron chi connectivity index (χ0n) is 17.9. The van der Waals surface area contributed by atoms with Gasteiger partial charge in [0, 0.05) is 13.1 Å². The number of carbonyl (C=O) groups is 4. The molecule has 1 rings (SSSR count). The normalized spacial score (nSPS) is 19.4. The number of aliphatic carboxylic acids is 1. The number of amides is 3. The molecule has 0 aromatic carbocycles. The molecule has 0 aliphatic carbocycles. The van der Waals surface area contributed by atoms with Crippen LogP contribution in [0.25, 0.3) is 0 Å². The summed E-state index contributed by atoms with van der Waals surface area (Å²) >= 11 is 0. The van der Waals surface area contributed by atoms with E-state index in [2.05, 4.69) is 15.6 Å². The van der Waals surface area contributed by atoms with Crippen molar-refractivity contribution in [1.82, 2.24) is 15.5 Å². The molecule has 14 heteroatoms. The minimum absolute atomic E-state index is 0.0199. The smallest absolute Gasteiger partial charge is 0.326 e. The van der Waals surface area contributed by atoms with Crippen LogP contribution >= 0.6 is 0 Å². The molecule has 11 N–H and O–H groups in total. The average Bonchev–Trinajstić information content (AvgIpc) is 3.22. The van der Waals surface area contributed by atoms with Gasteiger partial charge in [-0.3, -0.25) is 19.4 Å². The highest BCUT2D eigenvalue weighted by Gasteiger charge is 2.38. The Kier molecular flexibility index (Phi) is 10.8. The highest BCUT2D eigenvalue weighted by Crippen LogP contribution is 2.19. The Labute approximate surface area is 185 Å².